The summed E-state index contributed by atoms with van der Waals surface area (Å²) in [7, 11) is 0. The number of alkyl halides is 2. The van der Waals surface area contributed by atoms with Crippen molar-refractivity contribution in [2.45, 2.75) is 12.0 Å². The minimum atomic E-state index is -3.86. The molecule has 0 spiro atoms. The van der Waals surface area contributed by atoms with Crippen molar-refractivity contribution in [2.24, 2.45) is 0 Å². The van der Waals surface area contributed by atoms with Crippen molar-refractivity contribution in [3.63, 3.8) is 0 Å². The van der Waals surface area contributed by atoms with E-state index in [0.717, 1.165) is 0 Å². The Morgan fingerprint density at radius 3 is 1.95 bits per heavy atom. The summed E-state index contributed by atoms with van der Waals surface area (Å²) >= 11 is 0. The zero-order chi connectivity index (χ0) is 13.9. The Morgan fingerprint density at radius 1 is 0.947 bits per heavy atom. The number of rotatable bonds is 4. The van der Waals surface area contributed by atoms with Crippen LogP contribution in [0.15, 0.2) is 60.7 Å². The second-order valence-corrected chi connectivity index (χ2v) is 4.13. The summed E-state index contributed by atoms with van der Waals surface area (Å²) < 4.78 is 28.0. The molecule has 0 amide bonds. The Balaban J connectivity index is 2.30. The minimum Gasteiger partial charge on any atom is -0.382 e. The van der Waals surface area contributed by atoms with Crippen LogP contribution in [0.25, 0.3) is 0 Å². The molecular formula is C15H12F2O2. The maximum Gasteiger partial charge on any atom is 0.339 e. The molecule has 1 N–H and O–H groups in total. The molecule has 98 valence electrons. The van der Waals surface area contributed by atoms with E-state index in [2.05, 4.69) is 0 Å². The lowest BCUT2D eigenvalue weighted by atomic mass is 9.96. The van der Waals surface area contributed by atoms with Crippen LogP contribution in [-0.2, 0) is 0 Å². The lowest BCUT2D eigenvalue weighted by Gasteiger charge is -2.21. The molecule has 1 unspecified atom stereocenters. The molecule has 2 aromatic carbocycles. The highest BCUT2D eigenvalue weighted by Gasteiger charge is 2.47. The molecule has 0 bridgehead atoms. The minimum absolute atomic E-state index is 0.0109. The first-order valence-corrected chi connectivity index (χ1v) is 5.74. The molecule has 0 heterocycles. The summed E-state index contributed by atoms with van der Waals surface area (Å²) in [5, 5.41) is 9.71. The van der Waals surface area contributed by atoms with Crippen LogP contribution >= 0.6 is 0 Å². The van der Waals surface area contributed by atoms with Gasteiger partial charge in [0.25, 0.3) is 0 Å². The normalized spacial score (nSPS) is 13.0. The predicted molar refractivity (Wildman–Crippen MR) is 67.1 cm³/mol. The molecule has 0 fully saturated rings. The largest absolute Gasteiger partial charge is 0.382 e. The number of Topliss-reactive ketones (excluding diaryl/α,β-unsaturated/α-hetero) is 1. The van der Waals surface area contributed by atoms with Gasteiger partial charge in [-0.05, 0) is 5.56 Å². The fraction of sp³-hybridized carbons (Fsp3) is 0.133. The number of carbonyl (C=O) groups excluding carboxylic acids is 1. The van der Waals surface area contributed by atoms with Gasteiger partial charge in [-0.15, -0.1) is 0 Å². The van der Waals surface area contributed by atoms with Gasteiger partial charge in [-0.3, -0.25) is 4.79 Å². The van der Waals surface area contributed by atoms with Gasteiger partial charge in [0.15, 0.2) is 6.10 Å². The molecule has 0 saturated carbocycles. The summed E-state index contributed by atoms with van der Waals surface area (Å²) in [4.78, 5) is 11.8. The van der Waals surface area contributed by atoms with Gasteiger partial charge in [-0.2, -0.15) is 8.78 Å². The van der Waals surface area contributed by atoms with Crippen molar-refractivity contribution < 1.29 is 18.7 Å². The molecule has 0 saturated heterocycles. The molecule has 19 heavy (non-hydrogen) atoms. The third kappa shape index (κ3) is 2.69. The molecule has 2 nitrogen and oxygen atoms in total. The lowest BCUT2D eigenvalue weighted by molar-refractivity contribution is -0.0792. The first kappa shape index (κ1) is 13.4. The van der Waals surface area contributed by atoms with Crippen molar-refractivity contribution in [1.82, 2.24) is 0 Å². The summed E-state index contributed by atoms with van der Waals surface area (Å²) in [6, 6.07) is 14.6. The van der Waals surface area contributed by atoms with Crippen LogP contribution in [0.5, 0.6) is 0 Å². The van der Waals surface area contributed by atoms with Gasteiger partial charge >= 0.3 is 5.92 Å². The molecule has 0 aliphatic carbocycles. The molecular weight excluding hydrogens is 250 g/mol. The van der Waals surface area contributed by atoms with E-state index in [0.29, 0.717) is 0 Å². The number of hydrogen-bond donors (Lipinski definition) is 1. The Labute approximate surface area is 109 Å². The highest BCUT2D eigenvalue weighted by atomic mass is 19.3. The van der Waals surface area contributed by atoms with E-state index >= 15 is 0 Å². The number of halogens is 2. The molecule has 0 aromatic heterocycles. The summed E-state index contributed by atoms with van der Waals surface area (Å²) in [5.74, 6) is -5.24. The maximum atomic E-state index is 14.0. The maximum absolute atomic E-state index is 14.0. The number of benzene rings is 2. The van der Waals surface area contributed by atoms with Crippen LogP contribution in [0.4, 0.5) is 8.78 Å². The summed E-state index contributed by atoms with van der Waals surface area (Å²) in [6.45, 7) is 0. The molecule has 4 heteroatoms. The van der Waals surface area contributed by atoms with Crippen LogP contribution < -0.4 is 0 Å². The average Bonchev–Trinajstić information content (AvgIpc) is 2.47. The first-order valence-electron chi connectivity index (χ1n) is 5.74. The Bertz CT molecular complexity index is 553. The Kier molecular flexibility index (Phi) is 3.71. The fourth-order valence-electron chi connectivity index (χ4n) is 1.75. The predicted octanol–water partition coefficient (Wildman–Crippen LogP) is 3.24. The standard InChI is InChI=1S/C15H12F2O2/c16-15(17,13(18)11-7-3-1-4-8-11)14(19)12-9-5-2-6-10-12/h1-10,13,18H. The third-order valence-electron chi connectivity index (χ3n) is 2.80. The van der Waals surface area contributed by atoms with Crippen LogP contribution in [0.1, 0.15) is 22.0 Å². The van der Waals surface area contributed by atoms with E-state index in [1.165, 1.54) is 48.5 Å². The highest BCUT2D eigenvalue weighted by molar-refractivity contribution is 6.01. The van der Waals surface area contributed by atoms with Crippen LogP contribution in [0.2, 0.25) is 0 Å². The monoisotopic (exact) mass is 262 g/mol. The van der Waals surface area contributed by atoms with Gasteiger partial charge in [0.05, 0.1) is 0 Å². The zero-order valence-corrected chi connectivity index (χ0v) is 9.96. The topological polar surface area (TPSA) is 37.3 Å². The Hall–Kier alpha value is -2.07. The molecule has 0 aliphatic rings. The third-order valence-corrected chi connectivity index (χ3v) is 2.80. The molecule has 2 rings (SSSR count). The van der Waals surface area contributed by atoms with E-state index in [1.54, 1.807) is 12.1 Å². The average molecular weight is 262 g/mol. The first-order chi connectivity index (χ1) is 9.03. The summed E-state index contributed by atoms with van der Waals surface area (Å²) in [6.07, 6.45) is -2.15. The van der Waals surface area contributed by atoms with Gasteiger partial charge in [0, 0.05) is 5.56 Å². The number of ketones is 1. The van der Waals surface area contributed by atoms with Crippen molar-refractivity contribution in [3.8, 4) is 0 Å². The molecule has 2 aromatic rings. The Morgan fingerprint density at radius 2 is 1.42 bits per heavy atom. The van der Waals surface area contributed by atoms with E-state index < -0.39 is 17.8 Å². The van der Waals surface area contributed by atoms with Crippen molar-refractivity contribution in [1.29, 1.82) is 0 Å². The quantitative estimate of drug-likeness (QED) is 0.859. The van der Waals surface area contributed by atoms with E-state index in [-0.39, 0.29) is 11.1 Å². The van der Waals surface area contributed by atoms with Crippen molar-refractivity contribution in [2.75, 3.05) is 0 Å². The van der Waals surface area contributed by atoms with E-state index in [1.807, 2.05) is 0 Å². The van der Waals surface area contributed by atoms with Crippen LogP contribution in [0, 0.1) is 0 Å². The van der Waals surface area contributed by atoms with Gasteiger partial charge < -0.3 is 5.11 Å². The van der Waals surface area contributed by atoms with Crippen LogP contribution in [-0.4, -0.2) is 16.8 Å². The summed E-state index contributed by atoms with van der Waals surface area (Å²) in [5.41, 5.74) is -0.112. The number of hydrogen-bond acceptors (Lipinski definition) is 2. The second-order valence-electron chi connectivity index (χ2n) is 4.13. The number of aliphatic hydroxyl groups excluding tert-OH is 1. The number of aliphatic hydroxyl groups is 1. The number of carbonyl (C=O) groups is 1. The van der Waals surface area contributed by atoms with Crippen molar-refractivity contribution >= 4 is 5.78 Å². The van der Waals surface area contributed by atoms with Crippen LogP contribution in [0.3, 0.4) is 0 Å². The zero-order valence-electron chi connectivity index (χ0n) is 9.96. The molecule has 0 radical (unpaired) electrons. The molecule has 0 aliphatic heterocycles. The van der Waals surface area contributed by atoms with Gasteiger partial charge in [0.1, 0.15) is 0 Å². The molecule has 1 atom stereocenters. The lowest BCUT2D eigenvalue weighted by Crippen LogP contribution is -2.35. The SMILES string of the molecule is O=C(c1ccccc1)C(F)(F)C(O)c1ccccc1. The highest BCUT2D eigenvalue weighted by Crippen LogP contribution is 2.34. The van der Waals surface area contributed by atoms with Gasteiger partial charge in [-0.25, -0.2) is 0 Å². The fourth-order valence-corrected chi connectivity index (χ4v) is 1.75. The van der Waals surface area contributed by atoms with E-state index in [4.69, 9.17) is 0 Å². The van der Waals surface area contributed by atoms with Gasteiger partial charge in [0.2, 0.25) is 5.78 Å². The smallest absolute Gasteiger partial charge is 0.339 e. The second kappa shape index (κ2) is 5.28. The van der Waals surface area contributed by atoms with Gasteiger partial charge in [-0.1, -0.05) is 60.7 Å². The van der Waals surface area contributed by atoms with Crippen molar-refractivity contribution in [3.05, 3.63) is 71.8 Å². The van der Waals surface area contributed by atoms with E-state index in [9.17, 15) is 18.7 Å².